The molecule has 0 spiro atoms. The predicted octanol–water partition coefficient (Wildman–Crippen LogP) is 2.64. The fourth-order valence-electron chi connectivity index (χ4n) is 3.51. The van der Waals surface area contributed by atoms with Crippen molar-refractivity contribution in [3.05, 3.63) is 59.7 Å². The first-order chi connectivity index (χ1) is 13.0. The number of nitrogens with zero attached hydrogens (tertiary/aromatic N) is 1. The fraction of sp³-hybridized carbons (Fsp3) is 0.238. The normalized spacial score (nSPS) is 20.4. The van der Waals surface area contributed by atoms with Crippen molar-refractivity contribution in [1.82, 2.24) is 0 Å². The topological polar surface area (TPSA) is 76.1 Å². The Kier molecular flexibility index (Phi) is 4.20. The van der Waals surface area contributed by atoms with Crippen LogP contribution in [-0.2, 0) is 15.2 Å². The Labute approximate surface area is 156 Å². The van der Waals surface area contributed by atoms with Crippen molar-refractivity contribution in [1.29, 1.82) is 0 Å². The van der Waals surface area contributed by atoms with Gasteiger partial charge < -0.3 is 19.5 Å². The highest BCUT2D eigenvalue weighted by Gasteiger charge is 2.49. The highest BCUT2D eigenvalue weighted by molar-refractivity contribution is 6.10. The maximum Gasteiger partial charge on any atom is 0.264 e. The summed E-state index contributed by atoms with van der Waals surface area (Å²) in [5.74, 6) is 0.495. The van der Waals surface area contributed by atoms with Crippen molar-refractivity contribution in [3.63, 3.8) is 0 Å². The number of rotatable bonds is 5. The van der Waals surface area contributed by atoms with Crippen molar-refractivity contribution >= 4 is 23.5 Å². The number of anilines is 1. The highest BCUT2D eigenvalue weighted by atomic mass is 16.7. The number of ketones is 1. The first-order valence-corrected chi connectivity index (χ1v) is 8.77. The average molecular weight is 365 g/mol. The molecule has 0 fully saturated rings. The van der Waals surface area contributed by atoms with E-state index in [1.165, 1.54) is 11.0 Å². The van der Waals surface area contributed by atoms with E-state index < -0.39 is 11.5 Å². The summed E-state index contributed by atoms with van der Waals surface area (Å²) in [7, 11) is 0. The number of amides is 1. The molecule has 0 saturated heterocycles. The second-order valence-electron chi connectivity index (χ2n) is 6.52. The second-order valence-corrected chi connectivity index (χ2v) is 6.52. The lowest BCUT2D eigenvalue weighted by atomic mass is 9.89. The molecule has 0 radical (unpaired) electrons. The molecular weight excluding hydrogens is 346 g/mol. The van der Waals surface area contributed by atoms with Crippen LogP contribution in [0.25, 0.3) is 6.08 Å². The van der Waals surface area contributed by atoms with Crippen molar-refractivity contribution in [3.8, 4) is 11.5 Å². The van der Waals surface area contributed by atoms with Crippen LogP contribution in [0, 0.1) is 0 Å². The van der Waals surface area contributed by atoms with Crippen LogP contribution in [0.3, 0.4) is 0 Å². The van der Waals surface area contributed by atoms with Gasteiger partial charge in [-0.25, -0.2) is 0 Å². The zero-order valence-electron chi connectivity index (χ0n) is 14.8. The maximum absolute atomic E-state index is 12.7. The molecule has 1 atom stereocenters. The van der Waals surface area contributed by atoms with E-state index in [-0.39, 0.29) is 19.0 Å². The van der Waals surface area contributed by atoms with Crippen LogP contribution in [0.2, 0.25) is 0 Å². The number of carbonyl (C=O) groups is 2. The molecule has 27 heavy (non-hydrogen) atoms. The number of para-hydroxylation sites is 1. The lowest BCUT2D eigenvalue weighted by molar-refractivity contribution is -0.140. The van der Waals surface area contributed by atoms with Crippen LogP contribution < -0.4 is 14.4 Å². The van der Waals surface area contributed by atoms with Gasteiger partial charge in [-0.2, -0.15) is 0 Å². The Morgan fingerprint density at radius 3 is 2.81 bits per heavy atom. The summed E-state index contributed by atoms with van der Waals surface area (Å²) in [5.41, 5.74) is 0.0674. The molecular formula is C21H19NO5. The van der Waals surface area contributed by atoms with Gasteiger partial charge in [0.05, 0.1) is 12.1 Å². The summed E-state index contributed by atoms with van der Waals surface area (Å²) < 4.78 is 10.6. The van der Waals surface area contributed by atoms with Gasteiger partial charge in [0.15, 0.2) is 22.9 Å². The first kappa shape index (κ1) is 17.3. The molecule has 2 heterocycles. The van der Waals surface area contributed by atoms with E-state index in [9.17, 15) is 14.7 Å². The van der Waals surface area contributed by atoms with Crippen LogP contribution in [0.4, 0.5) is 5.69 Å². The van der Waals surface area contributed by atoms with Gasteiger partial charge >= 0.3 is 0 Å². The van der Waals surface area contributed by atoms with Crippen LogP contribution in [-0.4, -0.2) is 30.1 Å². The number of fused-ring (bicyclic) bond motifs is 2. The molecule has 1 N–H and O–H groups in total. The summed E-state index contributed by atoms with van der Waals surface area (Å²) >= 11 is 0. The molecule has 0 aromatic heterocycles. The molecule has 138 valence electrons. The number of ether oxygens (including phenoxy) is 2. The molecule has 2 aromatic carbocycles. The standard InChI is InChI=1S/C21H19NO5/c1-2-22-17-6-4-3-5-16(17)21(25,20(22)24)12-15(23)9-7-14-8-10-18-19(11-14)27-13-26-18/h3-11,25H,2,12-13H2,1H3/b9-7+. The van der Waals surface area contributed by atoms with E-state index in [4.69, 9.17) is 9.47 Å². The van der Waals surface area contributed by atoms with Gasteiger partial charge in [0.2, 0.25) is 6.79 Å². The Bertz CT molecular complexity index is 951. The van der Waals surface area contributed by atoms with Crippen LogP contribution >= 0.6 is 0 Å². The Balaban J connectivity index is 1.55. The third-order valence-corrected chi connectivity index (χ3v) is 4.84. The molecule has 1 unspecified atom stereocenters. The van der Waals surface area contributed by atoms with Crippen molar-refractivity contribution in [2.24, 2.45) is 0 Å². The Morgan fingerprint density at radius 1 is 1.22 bits per heavy atom. The molecule has 1 amide bonds. The summed E-state index contributed by atoms with van der Waals surface area (Å²) in [5, 5.41) is 11.0. The number of aliphatic hydroxyl groups is 1. The summed E-state index contributed by atoms with van der Waals surface area (Å²) in [6.45, 7) is 2.45. The molecule has 0 bridgehead atoms. The van der Waals surface area contributed by atoms with E-state index in [1.54, 1.807) is 42.5 Å². The molecule has 2 aliphatic heterocycles. The maximum atomic E-state index is 12.7. The summed E-state index contributed by atoms with van der Waals surface area (Å²) in [6.07, 6.45) is 2.71. The van der Waals surface area contributed by atoms with E-state index in [0.29, 0.717) is 29.3 Å². The first-order valence-electron chi connectivity index (χ1n) is 8.77. The number of hydrogen-bond donors (Lipinski definition) is 1. The third kappa shape index (κ3) is 2.88. The lowest BCUT2D eigenvalue weighted by Crippen LogP contribution is -2.41. The van der Waals surface area contributed by atoms with Gasteiger partial charge in [-0.15, -0.1) is 0 Å². The van der Waals surface area contributed by atoms with Crippen LogP contribution in [0.15, 0.2) is 48.5 Å². The lowest BCUT2D eigenvalue weighted by Gasteiger charge is -2.21. The predicted molar refractivity (Wildman–Crippen MR) is 99.6 cm³/mol. The SMILES string of the molecule is CCN1C(=O)C(O)(CC(=O)/C=C/c2ccc3c(c2)OCO3)c2ccccc21. The van der Waals surface area contributed by atoms with E-state index >= 15 is 0 Å². The van der Waals surface area contributed by atoms with Gasteiger partial charge in [0, 0.05) is 12.1 Å². The smallest absolute Gasteiger partial charge is 0.264 e. The summed E-state index contributed by atoms with van der Waals surface area (Å²) in [4.78, 5) is 26.7. The zero-order valence-corrected chi connectivity index (χ0v) is 14.8. The molecule has 2 aromatic rings. The van der Waals surface area contributed by atoms with Crippen LogP contribution in [0.5, 0.6) is 11.5 Å². The molecule has 4 rings (SSSR count). The number of benzene rings is 2. The number of allylic oxidation sites excluding steroid dienone is 1. The number of hydrogen-bond acceptors (Lipinski definition) is 5. The largest absolute Gasteiger partial charge is 0.454 e. The van der Waals surface area contributed by atoms with Gasteiger partial charge in [-0.05, 0) is 36.8 Å². The molecule has 0 aliphatic carbocycles. The minimum absolute atomic E-state index is 0.184. The molecule has 2 aliphatic rings. The monoisotopic (exact) mass is 365 g/mol. The second kappa shape index (κ2) is 6.55. The summed E-state index contributed by atoms with van der Waals surface area (Å²) in [6, 6.07) is 12.4. The minimum Gasteiger partial charge on any atom is -0.454 e. The zero-order chi connectivity index (χ0) is 19.0. The number of likely N-dealkylation sites (N-methyl/N-ethyl adjacent to an activating group) is 1. The van der Waals surface area contributed by atoms with Gasteiger partial charge in [0.25, 0.3) is 5.91 Å². The van der Waals surface area contributed by atoms with Gasteiger partial charge in [-0.3, -0.25) is 9.59 Å². The van der Waals surface area contributed by atoms with E-state index in [0.717, 1.165) is 5.56 Å². The highest BCUT2D eigenvalue weighted by Crippen LogP contribution is 2.42. The van der Waals surface area contributed by atoms with Crippen LogP contribution in [0.1, 0.15) is 24.5 Å². The molecule has 6 nitrogen and oxygen atoms in total. The van der Waals surface area contributed by atoms with Crippen molar-refractivity contribution in [2.45, 2.75) is 18.9 Å². The van der Waals surface area contributed by atoms with E-state index in [1.807, 2.05) is 13.0 Å². The third-order valence-electron chi connectivity index (χ3n) is 4.84. The Hall–Kier alpha value is -3.12. The molecule has 0 saturated carbocycles. The van der Waals surface area contributed by atoms with Crippen molar-refractivity contribution in [2.75, 3.05) is 18.2 Å². The average Bonchev–Trinajstić information content (AvgIpc) is 3.22. The van der Waals surface area contributed by atoms with E-state index in [2.05, 4.69) is 0 Å². The van der Waals surface area contributed by atoms with Gasteiger partial charge in [0.1, 0.15) is 0 Å². The number of carbonyl (C=O) groups excluding carboxylic acids is 2. The fourth-order valence-corrected chi connectivity index (χ4v) is 3.51. The quantitative estimate of drug-likeness (QED) is 0.825. The Morgan fingerprint density at radius 2 is 2.00 bits per heavy atom. The molecule has 6 heteroatoms. The minimum atomic E-state index is -1.83. The van der Waals surface area contributed by atoms with Crippen molar-refractivity contribution < 1.29 is 24.2 Å². The van der Waals surface area contributed by atoms with Gasteiger partial charge in [-0.1, -0.05) is 30.3 Å².